The predicted molar refractivity (Wildman–Crippen MR) is 121 cm³/mol. The van der Waals surface area contributed by atoms with Crippen LogP contribution in [0.4, 0.5) is 36.8 Å². The van der Waals surface area contributed by atoms with Crippen molar-refractivity contribution < 1.29 is 39.6 Å². The van der Waals surface area contributed by atoms with Crippen LogP contribution in [0.2, 0.25) is 0 Å². The fourth-order valence-electron chi connectivity index (χ4n) is 5.20. The maximum Gasteiger partial charge on any atom is 0.416 e. The lowest BCUT2D eigenvalue weighted by Gasteiger charge is -2.28. The molecule has 37 heavy (non-hydrogen) atoms. The number of anilines is 1. The molecule has 204 valence electrons. The number of carbonyl (C=O) groups is 1. The Hall–Kier alpha value is -2.81. The van der Waals surface area contributed by atoms with E-state index in [1.807, 2.05) is 0 Å². The lowest BCUT2D eigenvalue weighted by atomic mass is 10.0. The molecule has 2 fully saturated rings. The molecule has 1 saturated heterocycles. The maximum absolute atomic E-state index is 13.5. The third kappa shape index (κ3) is 6.20. The Balaban J connectivity index is 1.40. The lowest BCUT2D eigenvalue weighted by molar-refractivity contribution is -0.142. The Kier molecular flexibility index (Phi) is 6.99. The third-order valence-corrected chi connectivity index (χ3v) is 7.47. The molecule has 1 amide bonds. The van der Waals surface area contributed by atoms with Crippen molar-refractivity contribution in [2.75, 3.05) is 31.1 Å². The monoisotopic (exact) mass is 553 g/mol. The van der Waals surface area contributed by atoms with E-state index in [2.05, 4.69) is 9.82 Å². The van der Waals surface area contributed by atoms with Crippen molar-refractivity contribution >= 4 is 21.7 Å². The summed E-state index contributed by atoms with van der Waals surface area (Å²) < 4.78 is 106. The summed E-state index contributed by atoms with van der Waals surface area (Å²) in [5, 5.41) is 3.90. The van der Waals surface area contributed by atoms with E-state index in [9.17, 15) is 39.6 Å². The molecule has 4 rings (SSSR count). The topological polar surface area (TPSA) is 87.5 Å². The minimum absolute atomic E-state index is 0.0733. The highest BCUT2D eigenvalue weighted by molar-refractivity contribution is 7.92. The van der Waals surface area contributed by atoms with Gasteiger partial charge in [-0.3, -0.25) is 9.62 Å². The Bertz CT molecular complexity index is 1260. The molecule has 8 nitrogen and oxygen atoms in total. The highest BCUT2D eigenvalue weighted by Crippen LogP contribution is 2.42. The normalized spacial score (nSPS) is 22.5. The van der Waals surface area contributed by atoms with Crippen LogP contribution in [0, 0.1) is 11.8 Å². The van der Waals surface area contributed by atoms with E-state index in [0.29, 0.717) is 44.1 Å². The van der Waals surface area contributed by atoms with E-state index >= 15 is 0 Å². The number of hydrogen-bond acceptors (Lipinski definition) is 5. The summed E-state index contributed by atoms with van der Waals surface area (Å²) in [6, 6.07) is 0.896. The SMILES string of the molecule is CN(Cc1cc(C(F)(F)F)ccc1C(F)(F)F)[C@H]1C[C@@H]2CN(C(=O)n3cc(NS(C)(=O)=O)cn3)C[C@@H]2C1. The molecule has 15 heteroatoms. The first-order valence-electron chi connectivity index (χ1n) is 11.3. The average Bonchev–Trinajstić information content (AvgIpc) is 3.45. The summed E-state index contributed by atoms with van der Waals surface area (Å²) in [5.41, 5.74) is -2.51. The molecule has 1 aromatic carbocycles. The van der Waals surface area contributed by atoms with Crippen molar-refractivity contribution in [3.8, 4) is 0 Å². The van der Waals surface area contributed by atoms with E-state index in [1.165, 1.54) is 12.4 Å². The van der Waals surface area contributed by atoms with E-state index < -0.39 is 45.1 Å². The van der Waals surface area contributed by atoms with Crippen molar-refractivity contribution in [3.05, 3.63) is 47.3 Å². The minimum atomic E-state index is -4.78. The molecule has 1 aromatic heterocycles. The van der Waals surface area contributed by atoms with Crippen LogP contribution in [0.25, 0.3) is 0 Å². The number of nitrogens with zero attached hydrogens (tertiary/aromatic N) is 4. The van der Waals surface area contributed by atoms with Crippen molar-refractivity contribution in [2.24, 2.45) is 11.8 Å². The van der Waals surface area contributed by atoms with Crippen LogP contribution >= 0.6 is 0 Å². The second-order valence-electron chi connectivity index (χ2n) is 9.66. The number of rotatable bonds is 5. The molecule has 0 spiro atoms. The highest BCUT2D eigenvalue weighted by Gasteiger charge is 2.44. The van der Waals surface area contributed by atoms with Gasteiger partial charge in [-0.2, -0.15) is 36.1 Å². The summed E-state index contributed by atoms with van der Waals surface area (Å²) in [4.78, 5) is 16.0. The first kappa shape index (κ1) is 27.2. The van der Waals surface area contributed by atoms with Gasteiger partial charge in [-0.15, -0.1) is 0 Å². The second-order valence-corrected chi connectivity index (χ2v) is 11.4. The molecule has 1 N–H and O–H groups in total. The van der Waals surface area contributed by atoms with Crippen LogP contribution in [0.15, 0.2) is 30.6 Å². The van der Waals surface area contributed by atoms with Gasteiger partial charge in [0.05, 0.1) is 35.5 Å². The molecule has 0 bridgehead atoms. The van der Waals surface area contributed by atoms with Gasteiger partial charge in [-0.05, 0) is 55.5 Å². The Labute approximate surface area is 209 Å². The van der Waals surface area contributed by atoms with Crippen molar-refractivity contribution in [3.63, 3.8) is 0 Å². The number of sulfonamides is 1. The van der Waals surface area contributed by atoms with Gasteiger partial charge in [0, 0.05) is 25.7 Å². The number of aromatic nitrogens is 2. The molecule has 1 saturated carbocycles. The van der Waals surface area contributed by atoms with E-state index in [1.54, 1.807) is 16.8 Å². The number of fused-ring (bicyclic) bond motifs is 1. The molecule has 0 unspecified atom stereocenters. The molecule has 3 atom stereocenters. The van der Waals surface area contributed by atoms with Crippen LogP contribution < -0.4 is 4.72 Å². The number of alkyl halides is 6. The number of carbonyl (C=O) groups excluding carboxylic acids is 1. The standard InChI is InChI=1S/C22H25F6N5O3S/c1-31(9-15-5-16(21(23,24)25)3-4-19(15)22(26,27)28)18-6-13-10-32(11-14(13)7-18)20(34)33-12-17(8-29-33)30-37(2,35)36/h3-5,8,12-14,18,30H,6-7,9-11H2,1-2H3/t13-,14+,18+. The number of hydrogen-bond donors (Lipinski definition) is 1. The van der Waals surface area contributed by atoms with Gasteiger partial charge in [-0.25, -0.2) is 13.2 Å². The molecule has 1 aliphatic carbocycles. The summed E-state index contributed by atoms with van der Waals surface area (Å²) >= 11 is 0. The smallest absolute Gasteiger partial charge is 0.322 e. The van der Waals surface area contributed by atoms with Gasteiger partial charge in [0.2, 0.25) is 10.0 Å². The van der Waals surface area contributed by atoms with Crippen molar-refractivity contribution in [1.82, 2.24) is 19.6 Å². The molecule has 1 aliphatic heterocycles. The van der Waals surface area contributed by atoms with Gasteiger partial charge < -0.3 is 4.90 Å². The van der Waals surface area contributed by atoms with Gasteiger partial charge in [0.25, 0.3) is 0 Å². The minimum Gasteiger partial charge on any atom is -0.322 e. The summed E-state index contributed by atoms with van der Waals surface area (Å²) in [7, 11) is -1.94. The molecule has 2 heterocycles. The lowest BCUT2D eigenvalue weighted by Crippen LogP contribution is -2.36. The van der Waals surface area contributed by atoms with E-state index in [-0.39, 0.29) is 30.1 Å². The Morgan fingerprint density at radius 2 is 1.73 bits per heavy atom. The van der Waals surface area contributed by atoms with Crippen LogP contribution in [0.5, 0.6) is 0 Å². The summed E-state index contributed by atoms with van der Waals surface area (Å²) in [5.74, 6) is 0.147. The van der Waals surface area contributed by atoms with Crippen LogP contribution in [0.3, 0.4) is 0 Å². The van der Waals surface area contributed by atoms with Crippen LogP contribution in [-0.4, -0.2) is 66.5 Å². The zero-order valence-corrected chi connectivity index (χ0v) is 20.7. The first-order chi connectivity index (χ1) is 17.0. The molecular weight excluding hydrogens is 528 g/mol. The molecular formula is C22H25F6N5O3S. The zero-order chi connectivity index (χ0) is 27.3. The van der Waals surface area contributed by atoms with E-state index in [0.717, 1.165) is 10.9 Å². The van der Waals surface area contributed by atoms with Crippen LogP contribution in [-0.2, 0) is 28.9 Å². The fourth-order valence-corrected chi connectivity index (χ4v) is 5.73. The number of amides is 1. The molecule has 2 aliphatic rings. The van der Waals surface area contributed by atoms with Gasteiger partial charge in [0.1, 0.15) is 0 Å². The number of nitrogens with one attached hydrogen (secondary N) is 1. The quantitative estimate of drug-likeness (QED) is 0.564. The van der Waals surface area contributed by atoms with Crippen LogP contribution in [0.1, 0.15) is 29.5 Å². The van der Waals surface area contributed by atoms with E-state index in [4.69, 9.17) is 0 Å². The Morgan fingerprint density at radius 3 is 2.27 bits per heavy atom. The first-order valence-corrected chi connectivity index (χ1v) is 13.2. The van der Waals surface area contributed by atoms with Gasteiger partial charge >= 0.3 is 18.4 Å². The predicted octanol–water partition coefficient (Wildman–Crippen LogP) is 4.10. The number of likely N-dealkylation sites (tertiary alicyclic amines) is 1. The average molecular weight is 554 g/mol. The van der Waals surface area contributed by atoms with Crippen molar-refractivity contribution in [1.29, 1.82) is 0 Å². The highest BCUT2D eigenvalue weighted by atomic mass is 32.2. The Morgan fingerprint density at radius 1 is 1.11 bits per heavy atom. The largest absolute Gasteiger partial charge is 0.416 e. The number of halogens is 6. The molecule has 0 radical (unpaired) electrons. The number of benzene rings is 1. The summed E-state index contributed by atoms with van der Waals surface area (Å²) in [6.45, 7) is 0.481. The van der Waals surface area contributed by atoms with Gasteiger partial charge in [-0.1, -0.05) is 0 Å². The maximum atomic E-state index is 13.5. The second kappa shape index (κ2) is 9.49. The fraction of sp³-hybridized carbons (Fsp3) is 0.545. The zero-order valence-electron chi connectivity index (χ0n) is 19.8. The summed E-state index contributed by atoms with van der Waals surface area (Å²) in [6.07, 6.45) is -4.94. The third-order valence-electron chi connectivity index (χ3n) is 6.86. The van der Waals surface area contributed by atoms with Gasteiger partial charge in [0.15, 0.2) is 0 Å². The molecule has 2 aromatic rings. The van der Waals surface area contributed by atoms with Crippen molar-refractivity contribution in [2.45, 2.75) is 37.8 Å².